The number of hydrogen-bond acceptors (Lipinski definition) is 5. The van der Waals surface area contributed by atoms with E-state index >= 15 is 0 Å². The molecular formula is C27H28NO5PS. The molecule has 1 aromatic heterocycles. The molecule has 0 aliphatic rings. The molecule has 35 heavy (non-hydrogen) atoms. The lowest BCUT2D eigenvalue weighted by molar-refractivity contribution is -0.645. The van der Waals surface area contributed by atoms with Crippen LogP contribution in [0.25, 0.3) is 21.8 Å². The topological polar surface area (TPSA) is 87.4 Å². The number of benzene rings is 3. The van der Waals surface area contributed by atoms with Crippen molar-refractivity contribution in [3.05, 3.63) is 82.9 Å². The van der Waals surface area contributed by atoms with Gasteiger partial charge < -0.3 is 9.29 Å². The van der Waals surface area contributed by atoms with Crippen molar-refractivity contribution in [1.82, 2.24) is 0 Å². The van der Waals surface area contributed by atoms with E-state index < -0.39 is 16.1 Å². The first kappa shape index (κ1) is 25.2. The van der Waals surface area contributed by atoms with Gasteiger partial charge >= 0.3 is 5.97 Å². The van der Waals surface area contributed by atoms with Gasteiger partial charge in [-0.15, -0.1) is 9.24 Å². The highest BCUT2D eigenvalue weighted by Crippen LogP contribution is 2.30. The van der Waals surface area contributed by atoms with Crippen LogP contribution < -0.4 is 9.30 Å². The number of carbonyl (C=O) groups is 1. The minimum absolute atomic E-state index is 0.274. The van der Waals surface area contributed by atoms with Gasteiger partial charge in [-0.2, -0.15) is 4.57 Å². The first-order valence-electron chi connectivity index (χ1n) is 11.5. The van der Waals surface area contributed by atoms with Gasteiger partial charge in [0.1, 0.15) is 12.3 Å². The van der Waals surface area contributed by atoms with Gasteiger partial charge in [0.25, 0.3) is 0 Å². The molecule has 1 atom stereocenters. The smallest absolute Gasteiger partial charge is 0.345 e. The number of hydrogen-bond donors (Lipinski definition) is 0. The van der Waals surface area contributed by atoms with Crippen LogP contribution in [-0.2, 0) is 22.8 Å². The molecule has 0 spiro atoms. The maximum absolute atomic E-state index is 13.6. The van der Waals surface area contributed by atoms with Crippen molar-refractivity contribution in [2.24, 2.45) is 0 Å². The zero-order chi connectivity index (χ0) is 25.2. The predicted molar refractivity (Wildman–Crippen MR) is 140 cm³/mol. The molecule has 1 heterocycles. The number of esters is 1. The van der Waals surface area contributed by atoms with Crippen molar-refractivity contribution >= 4 is 47.1 Å². The Hall–Kier alpha value is -2.86. The van der Waals surface area contributed by atoms with Crippen molar-refractivity contribution in [2.75, 3.05) is 5.75 Å². The lowest BCUT2D eigenvalue weighted by atomic mass is 10.0. The van der Waals surface area contributed by atoms with Crippen LogP contribution in [-0.4, -0.2) is 24.7 Å². The predicted octanol–water partition coefficient (Wildman–Crippen LogP) is 4.82. The fourth-order valence-corrected chi connectivity index (χ4v) is 5.38. The molecule has 0 amide bonds. The van der Waals surface area contributed by atoms with Gasteiger partial charge in [-0.25, -0.2) is 13.2 Å². The summed E-state index contributed by atoms with van der Waals surface area (Å²) in [5.41, 5.74) is 5.15. The molecule has 0 saturated carbocycles. The van der Waals surface area contributed by atoms with Crippen molar-refractivity contribution in [1.29, 1.82) is 0 Å². The average molecular weight is 510 g/mol. The van der Waals surface area contributed by atoms with E-state index in [1.807, 2.05) is 74.5 Å². The molecule has 0 saturated heterocycles. The molecule has 182 valence electrons. The Labute approximate surface area is 207 Å². The number of nitrogens with zero attached hydrogens (tertiary/aromatic N) is 1. The number of para-hydroxylation sites is 2. The molecule has 4 rings (SSSR count). The number of ether oxygens (including phenoxy) is 1. The summed E-state index contributed by atoms with van der Waals surface area (Å²) in [7, 11) is -1.54. The number of aromatic nitrogens is 1. The quantitative estimate of drug-likeness (QED) is 0.0647. The van der Waals surface area contributed by atoms with Crippen LogP contribution in [0, 0.1) is 13.8 Å². The zero-order valence-corrected chi connectivity index (χ0v) is 21.8. The molecule has 0 N–H and O–H groups in total. The first-order chi connectivity index (χ1) is 16.7. The molecule has 0 radical (unpaired) electrons. The average Bonchev–Trinajstić information content (AvgIpc) is 2.82. The molecule has 0 fully saturated rings. The minimum Gasteiger partial charge on any atom is -0.748 e. The van der Waals surface area contributed by atoms with Crippen molar-refractivity contribution in [2.45, 2.75) is 39.4 Å². The van der Waals surface area contributed by atoms with Gasteiger partial charge in [0.05, 0.1) is 26.5 Å². The largest absolute Gasteiger partial charge is 0.748 e. The van der Waals surface area contributed by atoms with Crippen LogP contribution in [0.1, 0.15) is 39.9 Å². The summed E-state index contributed by atoms with van der Waals surface area (Å²) >= 11 is 0. The van der Waals surface area contributed by atoms with Gasteiger partial charge in [0.2, 0.25) is 11.0 Å². The maximum atomic E-state index is 13.6. The summed E-state index contributed by atoms with van der Waals surface area (Å²) in [4.78, 5) is 13.6. The number of aryl methyl sites for hydroxylation is 3. The highest BCUT2D eigenvalue weighted by molar-refractivity contribution is 7.85. The first-order valence-corrected chi connectivity index (χ1v) is 13.9. The molecule has 8 heteroatoms. The number of unbranched alkanes of at least 4 members (excludes halogenated alkanes) is 1. The van der Waals surface area contributed by atoms with Crippen molar-refractivity contribution in [3.63, 3.8) is 0 Å². The van der Waals surface area contributed by atoms with E-state index in [0.29, 0.717) is 24.3 Å². The molecule has 4 aromatic rings. The number of carbonyl (C=O) groups excluding carboxylic acids is 1. The lowest BCUT2D eigenvalue weighted by Crippen LogP contribution is -2.37. The number of fused-ring (bicyclic) bond motifs is 2. The Balaban J connectivity index is 1.80. The SMILES string of the molecule is Cc1cc(CP)cc(C)c1OC(=O)c1c2ccccc2[n+](CCCCS(=O)(=O)[O-])c2ccccc12. The van der Waals surface area contributed by atoms with Crippen LogP contribution >= 0.6 is 9.24 Å². The van der Waals surface area contributed by atoms with E-state index in [1.54, 1.807) is 0 Å². The zero-order valence-electron chi connectivity index (χ0n) is 19.8. The fraction of sp³-hybridized carbons (Fsp3) is 0.259. The second kappa shape index (κ2) is 10.4. The van der Waals surface area contributed by atoms with Gasteiger partial charge in [0.15, 0.2) is 0 Å². The summed E-state index contributed by atoms with van der Waals surface area (Å²) in [5, 5.41) is 1.51. The maximum Gasteiger partial charge on any atom is 0.345 e. The highest BCUT2D eigenvalue weighted by atomic mass is 32.2. The lowest BCUT2D eigenvalue weighted by Gasteiger charge is -2.15. The Bertz CT molecular complexity index is 1450. The van der Waals surface area contributed by atoms with Crippen molar-refractivity contribution < 1.29 is 27.1 Å². The summed E-state index contributed by atoms with van der Waals surface area (Å²) < 4.78 is 41.1. The fourth-order valence-electron chi connectivity index (χ4n) is 4.59. The third kappa shape index (κ3) is 5.53. The Kier molecular flexibility index (Phi) is 7.50. The number of pyridine rings is 1. The van der Waals surface area contributed by atoms with E-state index in [4.69, 9.17) is 4.74 Å². The molecule has 6 nitrogen and oxygen atoms in total. The van der Waals surface area contributed by atoms with Crippen molar-refractivity contribution in [3.8, 4) is 5.75 Å². The van der Waals surface area contributed by atoms with Crippen LogP contribution in [0.3, 0.4) is 0 Å². The molecule has 3 aromatic carbocycles. The Morgan fingerprint density at radius 3 is 2.00 bits per heavy atom. The summed E-state index contributed by atoms with van der Waals surface area (Å²) in [6, 6.07) is 19.3. The minimum atomic E-state index is -4.24. The van der Waals surface area contributed by atoms with Gasteiger partial charge in [-0.3, -0.25) is 0 Å². The van der Waals surface area contributed by atoms with Crippen LogP contribution in [0.2, 0.25) is 0 Å². The standard InChI is InChI=1S/C27H28NO5PS/c1-18-15-20(17-34)16-19(2)26(18)33-27(29)25-21-9-3-5-11-23(21)28(13-7-8-14-35(30,31)32)24-12-6-4-10-22(24)25/h3-6,9-12,15-16H,7-8,13-14,17,34H2,1-2H3. The monoisotopic (exact) mass is 509 g/mol. The third-order valence-electron chi connectivity index (χ3n) is 6.11. The van der Waals surface area contributed by atoms with Gasteiger partial charge in [-0.05, 0) is 55.3 Å². The Morgan fingerprint density at radius 1 is 0.943 bits per heavy atom. The molecule has 0 aliphatic carbocycles. The molecule has 0 bridgehead atoms. The Morgan fingerprint density at radius 2 is 1.49 bits per heavy atom. The van der Waals surface area contributed by atoms with Crippen LogP contribution in [0.5, 0.6) is 5.75 Å². The summed E-state index contributed by atoms with van der Waals surface area (Å²) in [6.45, 7) is 4.40. The van der Waals surface area contributed by atoms with Crippen LogP contribution in [0.15, 0.2) is 60.7 Å². The van der Waals surface area contributed by atoms with E-state index in [2.05, 4.69) is 13.8 Å². The van der Waals surface area contributed by atoms with E-state index in [0.717, 1.165) is 44.7 Å². The van der Waals surface area contributed by atoms with Gasteiger partial charge in [-0.1, -0.05) is 36.4 Å². The summed E-state index contributed by atoms with van der Waals surface area (Å²) in [5.74, 6) is -0.241. The third-order valence-corrected chi connectivity index (χ3v) is 7.37. The second-order valence-electron chi connectivity index (χ2n) is 8.68. The highest BCUT2D eigenvalue weighted by Gasteiger charge is 2.25. The van der Waals surface area contributed by atoms with E-state index in [9.17, 15) is 17.8 Å². The second-order valence-corrected chi connectivity index (χ2v) is 10.6. The normalized spacial score (nSPS) is 11.8. The molecule has 1 unspecified atom stereocenters. The van der Waals surface area contributed by atoms with E-state index in [-0.39, 0.29) is 12.2 Å². The van der Waals surface area contributed by atoms with E-state index in [1.165, 1.54) is 0 Å². The number of rotatable bonds is 8. The molecular weight excluding hydrogens is 481 g/mol. The van der Waals surface area contributed by atoms with Gasteiger partial charge in [0, 0.05) is 24.3 Å². The summed E-state index contributed by atoms with van der Waals surface area (Å²) in [6.07, 6.45) is 1.62. The van der Waals surface area contributed by atoms with Crippen LogP contribution in [0.4, 0.5) is 0 Å². The molecule has 0 aliphatic heterocycles.